The molecule has 0 aliphatic rings. The fourth-order valence-electron chi connectivity index (χ4n) is 1.30. The second-order valence-electron chi connectivity index (χ2n) is 3.17. The molecule has 0 atom stereocenters. The fourth-order valence-corrected chi connectivity index (χ4v) is 1.30. The van der Waals surface area contributed by atoms with Crippen molar-refractivity contribution in [3.05, 3.63) is 29.8 Å². The lowest BCUT2D eigenvalue weighted by Crippen LogP contribution is -2.31. The predicted molar refractivity (Wildman–Crippen MR) is 61.2 cm³/mol. The van der Waals surface area contributed by atoms with E-state index in [1.807, 2.05) is 31.2 Å². The van der Waals surface area contributed by atoms with Gasteiger partial charge in [-0.05, 0) is 31.0 Å². The predicted octanol–water partition coefficient (Wildman–Crippen LogP) is 1.11. The molecule has 0 unspecified atom stereocenters. The van der Waals surface area contributed by atoms with E-state index < -0.39 is 0 Å². The number of rotatable bonds is 5. The highest BCUT2D eigenvalue weighted by Gasteiger charge is 1.96. The summed E-state index contributed by atoms with van der Waals surface area (Å²) in [7, 11) is 0. The third kappa shape index (κ3) is 4.35. The van der Waals surface area contributed by atoms with Gasteiger partial charge in [-0.15, -0.1) is 0 Å². The quantitative estimate of drug-likeness (QED) is 0.500. The molecule has 0 saturated carbocycles. The van der Waals surface area contributed by atoms with E-state index in [-0.39, 0.29) is 5.96 Å². The second-order valence-corrected chi connectivity index (χ2v) is 3.17. The summed E-state index contributed by atoms with van der Waals surface area (Å²) in [6, 6.07) is 7.94. The first-order chi connectivity index (χ1) is 7.22. The summed E-state index contributed by atoms with van der Waals surface area (Å²) in [5.74, 6) is 0.897. The van der Waals surface area contributed by atoms with Gasteiger partial charge in [0.1, 0.15) is 5.75 Å². The lowest BCUT2D eigenvalue weighted by molar-refractivity contribution is 0.340. The Balaban J connectivity index is 2.46. The molecule has 0 heterocycles. The minimum Gasteiger partial charge on any atom is -0.494 e. The maximum Gasteiger partial charge on any atom is 0.185 e. The smallest absolute Gasteiger partial charge is 0.185 e. The van der Waals surface area contributed by atoms with E-state index in [1.165, 1.54) is 5.56 Å². The van der Waals surface area contributed by atoms with Crippen molar-refractivity contribution in [1.29, 1.82) is 5.41 Å². The number of nitrogens with two attached hydrogens (primary N) is 1. The highest BCUT2D eigenvalue weighted by molar-refractivity contribution is 5.74. The van der Waals surface area contributed by atoms with Gasteiger partial charge in [0.15, 0.2) is 5.96 Å². The molecule has 82 valence electrons. The third-order valence-corrected chi connectivity index (χ3v) is 1.94. The van der Waals surface area contributed by atoms with Gasteiger partial charge in [-0.1, -0.05) is 12.1 Å². The molecule has 4 N–H and O–H groups in total. The summed E-state index contributed by atoms with van der Waals surface area (Å²) in [4.78, 5) is 0. The molecule has 4 nitrogen and oxygen atoms in total. The molecule has 1 aromatic rings. The van der Waals surface area contributed by atoms with Crippen molar-refractivity contribution >= 4 is 5.96 Å². The number of benzene rings is 1. The van der Waals surface area contributed by atoms with Crippen LogP contribution in [0.5, 0.6) is 5.75 Å². The van der Waals surface area contributed by atoms with Gasteiger partial charge < -0.3 is 15.8 Å². The SMILES string of the molecule is CCOc1cccc(CCNC(=N)N)c1. The highest BCUT2D eigenvalue weighted by atomic mass is 16.5. The normalized spacial score (nSPS) is 9.67. The molecule has 15 heavy (non-hydrogen) atoms. The zero-order valence-electron chi connectivity index (χ0n) is 8.92. The van der Waals surface area contributed by atoms with Gasteiger partial charge in [-0.2, -0.15) is 0 Å². The monoisotopic (exact) mass is 207 g/mol. The number of hydrogen-bond acceptors (Lipinski definition) is 2. The first kappa shape index (κ1) is 11.4. The lowest BCUT2D eigenvalue weighted by atomic mass is 10.1. The number of hydrogen-bond donors (Lipinski definition) is 3. The van der Waals surface area contributed by atoms with Crippen LogP contribution in [0.1, 0.15) is 12.5 Å². The van der Waals surface area contributed by atoms with E-state index in [2.05, 4.69) is 5.32 Å². The first-order valence-corrected chi connectivity index (χ1v) is 5.02. The van der Waals surface area contributed by atoms with Crippen LogP contribution < -0.4 is 15.8 Å². The van der Waals surface area contributed by atoms with Crippen LogP contribution in [0.2, 0.25) is 0 Å². The van der Waals surface area contributed by atoms with Crippen molar-refractivity contribution < 1.29 is 4.74 Å². The number of guanidine groups is 1. The molecule has 0 fully saturated rings. The maximum absolute atomic E-state index is 7.01. The summed E-state index contributed by atoms with van der Waals surface area (Å²) >= 11 is 0. The molecule has 0 spiro atoms. The molecule has 1 rings (SSSR count). The van der Waals surface area contributed by atoms with Crippen molar-refractivity contribution in [2.75, 3.05) is 13.2 Å². The van der Waals surface area contributed by atoms with E-state index in [0.29, 0.717) is 13.2 Å². The summed E-state index contributed by atoms with van der Waals surface area (Å²) in [5.41, 5.74) is 6.36. The van der Waals surface area contributed by atoms with E-state index in [9.17, 15) is 0 Å². The molecular weight excluding hydrogens is 190 g/mol. The van der Waals surface area contributed by atoms with Crippen LogP contribution in [0.15, 0.2) is 24.3 Å². The van der Waals surface area contributed by atoms with E-state index in [0.717, 1.165) is 12.2 Å². The fraction of sp³-hybridized carbons (Fsp3) is 0.364. The lowest BCUT2D eigenvalue weighted by Gasteiger charge is -2.06. The Hall–Kier alpha value is -1.71. The zero-order valence-corrected chi connectivity index (χ0v) is 8.92. The van der Waals surface area contributed by atoms with Gasteiger partial charge >= 0.3 is 0 Å². The van der Waals surface area contributed by atoms with Crippen molar-refractivity contribution in [2.24, 2.45) is 5.73 Å². The largest absolute Gasteiger partial charge is 0.494 e. The Morgan fingerprint density at radius 2 is 2.33 bits per heavy atom. The van der Waals surface area contributed by atoms with E-state index in [4.69, 9.17) is 15.9 Å². The molecule has 0 aliphatic carbocycles. The Kier molecular flexibility index (Phi) is 4.47. The van der Waals surface area contributed by atoms with Crippen LogP contribution >= 0.6 is 0 Å². The van der Waals surface area contributed by atoms with Gasteiger partial charge in [-0.3, -0.25) is 5.41 Å². The molecule has 1 aromatic carbocycles. The van der Waals surface area contributed by atoms with E-state index in [1.54, 1.807) is 0 Å². The molecule has 0 radical (unpaired) electrons. The zero-order chi connectivity index (χ0) is 11.1. The van der Waals surface area contributed by atoms with Gasteiger partial charge in [0.25, 0.3) is 0 Å². The number of nitrogens with one attached hydrogen (secondary N) is 2. The average molecular weight is 207 g/mol. The summed E-state index contributed by atoms with van der Waals surface area (Å²) in [6.45, 7) is 3.31. The minimum atomic E-state index is 0.0102. The summed E-state index contributed by atoms with van der Waals surface area (Å²) in [6.07, 6.45) is 0.834. The van der Waals surface area contributed by atoms with Crippen LogP contribution in [0.3, 0.4) is 0 Å². The van der Waals surface area contributed by atoms with Crippen LogP contribution in [0.25, 0.3) is 0 Å². The maximum atomic E-state index is 7.01. The van der Waals surface area contributed by atoms with Gasteiger partial charge in [0.05, 0.1) is 6.61 Å². The molecule has 4 heteroatoms. The average Bonchev–Trinajstić information content (AvgIpc) is 2.18. The summed E-state index contributed by atoms with van der Waals surface area (Å²) in [5, 5.41) is 9.78. The number of ether oxygens (including phenoxy) is 1. The molecule has 0 saturated heterocycles. The van der Waals surface area contributed by atoms with Gasteiger partial charge in [0, 0.05) is 6.54 Å². The summed E-state index contributed by atoms with van der Waals surface area (Å²) < 4.78 is 5.39. The standard InChI is InChI=1S/C11H17N3O/c1-2-15-10-5-3-4-9(8-10)6-7-14-11(12)13/h3-5,8H,2,6-7H2,1H3,(H4,12,13,14). The Morgan fingerprint density at radius 1 is 1.53 bits per heavy atom. The van der Waals surface area contributed by atoms with Crippen LogP contribution in [-0.4, -0.2) is 19.1 Å². The van der Waals surface area contributed by atoms with Gasteiger partial charge in [-0.25, -0.2) is 0 Å². The molecule has 0 amide bonds. The van der Waals surface area contributed by atoms with Crippen molar-refractivity contribution in [1.82, 2.24) is 5.32 Å². The van der Waals surface area contributed by atoms with Crippen molar-refractivity contribution in [2.45, 2.75) is 13.3 Å². The van der Waals surface area contributed by atoms with Crippen molar-refractivity contribution in [3.8, 4) is 5.75 Å². The Bertz CT molecular complexity index is 325. The second kappa shape index (κ2) is 5.90. The van der Waals surface area contributed by atoms with Crippen LogP contribution in [0, 0.1) is 5.41 Å². The van der Waals surface area contributed by atoms with Crippen molar-refractivity contribution in [3.63, 3.8) is 0 Å². The minimum absolute atomic E-state index is 0.0102. The molecular formula is C11H17N3O. The Labute approximate surface area is 89.9 Å². The van der Waals surface area contributed by atoms with E-state index >= 15 is 0 Å². The highest BCUT2D eigenvalue weighted by Crippen LogP contribution is 2.13. The molecule has 0 bridgehead atoms. The van der Waals surface area contributed by atoms with Crippen LogP contribution in [-0.2, 0) is 6.42 Å². The topological polar surface area (TPSA) is 71.1 Å². The third-order valence-electron chi connectivity index (χ3n) is 1.94. The molecule has 0 aromatic heterocycles. The Morgan fingerprint density at radius 3 is 3.00 bits per heavy atom. The van der Waals surface area contributed by atoms with Crippen LogP contribution in [0.4, 0.5) is 0 Å². The van der Waals surface area contributed by atoms with Gasteiger partial charge in [0.2, 0.25) is 0 Å². The first-order valence-electron chi connectivity index (χ1n) is 5.02. The molecule has 0 aliphatic heterocycles.